The van der Waals surface area contributed by atoms with Crippen LogP contribution >= 0.6 is 34.8 Å². The molecule has 13 heteroatoms. The Bertz CT molecular complexity index is 916. The van der Waals surface area contributed by atoms with E-state index in [9.17, 15) is 31.5 Å². The maximum Gasteiger partial charge on any atom is 0.444 e. The minimum Gasteiger partial charge on any atom is -0.426 e. The first-order chi connectivity index (χ1) is 13.4. The third-order valence-electron chi connectivity index (χ3n) is 3.17. The molecule has 0 saturated heterocycles. The highest BCUT2D eigenvalue weighted by atomic mass is 35.5. The van der Waals surface area contributed by atoms with E-state index in [2.05, 4.69) is 16.3 Å². The molecule has 0 radical (unpaired) electrons. The molecular weight excluding hydrogens is 470 g/mol. The van der Waals surface area contributed by atoms with Gasteiger partial charge in [-0.05, 0) is 24.3 Å². The van der Waals surface area contributed by atoms with E-state index in [-0.39, 0.29) is 5.69 Å². The zero-order valence-electron chi connectivity index (χ0n) is 13.7. The second-order valence-corrected chi connectivity index (χ2v) is 6.44. The van der Waals surface area contributed by atoms with Crippen molar-refractivity contribution in [1.29, 1.82) is 0 Å². The minimum absolute atomic E-state index is 0.211. The van der Waals surface area contributed by atoms with Crippen LogP contribution < -0.4 is 15.4 Å². The molecule has 0 bridgehead atoms. The van der Waals surface area contributed by atoms with Crippen molar-refractivity contribution < 1.29 is 36.3 Å². The molecule has 2 aromatic carbocycles. The number of nitrogens with one attached hydrogen (secondary N) is 2. The lowest BCUT2D eigenvalue weighted by atomic mass is 10.2. The van der Waals surface area contributed by atoms with Gasteiger partial charge < -0.3 is 10.1 Å². The Morgan fingerprint density at radius 3 is 2.07 bits per heavy atom. The molecule has 1 unspecified atom stereocenters. The average Bonchev–Trinajstić information content (AvgIpc) is 2.57. The molecule has 156 valence electrons. The van der Waals surface area contributed by atoms with Gasteiger partial charge in [0.2, 0.25) is 0 Å². The Labute approximate surface area is 174 Å². The predicted molar refractivity (Wildman–Crippen MR) is 95.6 cm³/mol. The topological polar surface area (TPSA) is 67.4 Å². The fraction of sp³-hybridized carbons (Fsp3) is 0.125. The number of anilines is 1. The number of carbonyl (C=O) groups is 2. The Morgan fingerprint density at radius 2 is 1.59 bits per heavy atom. The molecule has 0 heterocycles. The zero-order valence-corrected chi connectivity index (χ0v) is 16.0. The van der Waals surface area contributed by atoms with E-state index in [1.54, 1.807) is 5.32 Å². The minimum atomic E-state index is -4.45. The summed E-state index contributed by atoms with van der Waals surface area (Å²) in [5.74, 6) is -4.60. The zero-order chi connectivity index (χ0) is 21.9. The van der Waals surface area contributed by atoms with Gasteiger partial charge in [-0.2, -0.15) is 8.78 Å². The van der Waals surface area contributed by atoms with Crippen molar-refractivity contribution >= 4 is 52.4 Å². The summed E-state index contributed by atoms with van der Waals surface area (Å²) in [6, 6.07) is 3.17. The molecule has 0 spiro atoms. The Hall–Kier alpha value is -2.30. The van der Waals surface area contributed by atoms with E-state index in [0.717, 1.165) is 30.3 Å². The van der Waals surface area contributed by atoms with Crippen molar-refractivity contribution in [3.8, 4) is 5.75 Å². The van der Waals surface area contributed by atoms with E-state index in [1.165, 1.54) is 0 Å². The number of benzene rings is 2. The number of imide groups is 1. The van der Waals surface area contributed by atoms with Crippen LogP contribution in [-0.4, -0.2) is 23.7 Å². The molecule has 0 aromatic heterocycles. The number of alkyl halides is 4. The lowest BCUT2D eigenvalue weighted by Gasteiger charge is -2.20. The quantitative estimate of drug-likeness (QED) is 0.426. The lowest BCUT2D eigenvalue weighted by molar-refractivity contribution is -0.198. The molecule has 0 fully saturated rings. The largest absolute Gasteiger partial charge is 0.444 e. The van der Waals surface area contributed by atoms with Crippen molar-refractivity contribution in [1.82, 2.24) is 5.32 Å². The van der Waals surface area contributed by atoms with Crippen LogP contribution in [0.2, 0.25) is 10.0 Å². The molecule has 3 amide bonds. The summed E-state index contributed by atoms with van der Waals surface area (Å²) in [4.78, 5) is 23.7. The van der Waals surface area contributed by atoms with E-state index in [4.69, 9.17) is 23.2 Å². The maximum absolute atomic E-state index is 13.5. The third-order valence-corrected chi connectivity index (χ3v) is 3.98. The molecule has 0 aliphatic rings. The molecule has 1 atom stereocenters. The first-order valence-electron chi connectivity index (χ1n) is 7.32. The van der Waals surface area contributed by atoms with Gasteiger partial charge in [-0.1, -0.05) is 40.9 Å². The average molecular weight is 478 g/mol. The van der Waals surface area contributed by atoms with Crippen LogP contribution in [0.25, 0.3) is 0 Å². The second-order valence-electron chi connectivity index (χ2n) is 5.24. The summed E-state index contributed by atoms with van der Waals surface area (Å²) in [6.45, 7) is 0. The van der Waals surface area contributed by atoms with Gasteiger partial charge in [0.15, 0.2) is 5.75 Å². The van der Waals surface area contributed by atoms with Crippen LogP contribution in [0.15, 0.2) is 30.3 Å². The Balaban J connectivity index is 2.14. The van der Waals surface area contributed by atoms with Crippen molar-refractivity contribution in [2.75, 3.05) is 5.32 Å². The number of hydrogen-bond donors (Lipinski definition) is 2. The first kappa shape index (κ1) is 23.0. The highest BCUT2D eigenvalue weighted by molar-refractivity contribution is 6.37. The molecule has 2 rings (SSSR count). The van der Waals surface area contributed by atoms with Crippen molar-refractivity contribution in [3.63, 3.8) is 0 Å². The van der Waals surface area contributed by atoms with E-state index in [1.807, 2.05) is 5.32 Å². The summed E-state index contributed by atoms with van der Waals surface area (Å²) in [6.07, 6.45) is -4.45. The fourth-order valence-electron chi connectivity index (χ4n) is 1.95. The highest BCUT2D eigenvalue weighted by Crippen LogP contribution is 2.40. The van der Waals surface area contributed by atoms with E-state index >= 15 is 0 Å². The van der Waals surface area contributed by atoms with Crippen LogP contribution in [0.5, 0.6) is 5.75 Å². The van der Waals surface area contributed by atoms with Crippen LogP contribution in [0, 0.1) is 11.6 Å². The molecule has 0 aliphatic heterocycles. The SMILES string of the molecule is O=C(NC(=O)c1c(F)cccc1F)Nc1cc(Cl)c(OC(F)(F)C(F)Cl)c(Cl)c1. The summed E-state index contributed by atoms with van der Waals surface area (Å²) in [5.41, 5.74) is -4.40. The number of carbonyl (C=O) groups excluding carboxylic acids is 2. The predicted octanol–water partition coefficient (Wildman–Crippen LogP) is 5.74. The van der Waals surface area contributed by atoms with Gasteiger partial charge in [-0.15, -0.1) is 0 Å². The normalized spacial score (nSPS) is 12.3. The van der Waals surface area contributed by atoms with Gasteiger partial charge in [0, 0.05) is 5.69 Å². The summed E-state index contributed by atoms with van der Waals surface area (Å²) in [7, 11) is 0. The van der Waals surface area contributed by atoms with Gasteiger partial charge in [0.05, 0.1) is 10.0 Å². The van der Waals surface area contributed by atoms with Crippen LogP contribution in [-0.2, 0) is 0 Å². The summed E-state index contributed by atoms with van der Waals surface area (Å²) in [5, 5.41) is 2.59. The first-order valence-corrected chi connectivity index (χ1v) is 8.52. The number of rotatable bonds is 5. The third kappa shape index (κ3) is 5.62. The van der Waals surface area contributed by atoms with Gasteiger partial charge in [0.1, 0.15) is 17.2 Å². The smallest absolute Gasteiger partial charge is 0.426 e. The number of urea groups is 1. The Morgan fingerprint density at radius 1 is 1.07 bits per heavy atom. The maximum atomic E-state index is 13.5. The molecule has 29 heavy (non-hydrogen) atoms. The molecule has 2 aromatic rings. The van der Waals surface area contributed by atoms with E-state index < -0.39 is 56.7 Å². The van der Waals surface area contributed by atoms with Gasteiger partial charge in [-0.25, -0.2) is 18.0 Å². The summed E-state index contributed by atoms with van der Waals surface area (Å²) >= 11 is 16.1. The number of amides is 3. The molecular formula is C16H8Cl3F5N2O3. The van der Waals surface area contributed by atoms with Gasteiger partial charge in [-0.3, -0.25) is 10.1 Å². The van der Waals surface area contributed by atoms with Crippen LogP contribution in [0.4, 0.5) is 32.4 Å². The van der Waals surface area contributed by atoms with Crippen molar-refractivity contribution in [2.24, 2.45) is 0 Å². The van der Waals surface area contributed by atoms with Gasteiger partial charge in [0.25, 0.3) is 11.5 Å². The molecule has 2 N–H and O–H groups in total. The second kappa shape index (κ2) is 9.02. The molecule has 0 aliphatic carbocycles. The Kier molecular flexibility index (Phi) is 7.15. The van der Waals surface area contributed by atoms with Crippen molar-refractivity contribution in [2.45, 2.75) is 11.7 Å². The number of halogens is 8. The van der Waals surface area contributed by atoms with Crippen LogP contribution in [0.1, 0.15) is 10.4 Å². The van der Waals surface area contributed by atoms with Gasteiger partial charge >= 0.3 is 12.1 Å². The summed E-state index contributed by atoms with van der Waals surface area (Å²) < 4.78 is 70.3. The van der Waals surface area contributed by atoms with Crippen LogP contribution in [0.3, 0.4) is 0 Å². The monoisotopic (exact) mass is 476 g/mol. The standard InChI is InChI=1S/C16H8Cl3F5N2O3/c17-7-4-6(5-8(18)12(7)29-16(23,24)14(19)22)25-15(28)26-13(27)11-9(20)2-1-3-10(11)21/h1-5,14H,(H2,25,26,27,28). The van der Waals surface area contributed by atoms with Crippen molar-refractivity contribution in [3.05, 3.63) is 57.6 Å². The highest BCUT2D eigenvalue weighted by Gasteiger charge is 2.43. The number of ether oxygens (including phenoxy) is 1. The molecule has 5 nitrogen and oxygen atoms in total. The fourth-order valence-corrected chi connectivity index (χ4v) is 2.56. The van der Waals surface area contributed by atoms with E-state index in [0.29, 0.717) is 0 Å². The lowest BCUT2D eigenvalue weighted by Crippen LogP contribution is -2.35. The molecule has 0 saturated carbocycles. The number of hydrogen-bond acceptors (Lipinski definition) is 3.